The van der Waals surface area contributed by atoms with Gasteiger partial charge in [0.25, 0.3) is 5.91 Å². The minimum Gasteiger partial charge on any atom is -0.379 e. The number of ether oxygens (including phenoxy) is 1. The van der Waals surface area contributed by atoms with Gasteiger partial charge in [-0.2, -0.15) is 0 Å². The van der Waals surface area contributed by atoms with E-state index in [9.17, 15) is 4.79 Å². The average Bonchev–Trinajstić information content (AvgIpc) is 3.09. The van der Waals surface area contributed by atoms with E-state index in [1.54, 1.807) is 0 Å². The van der Waals surface area contributed by atoms with Gasteiger partial charge in [0.1, 0.15) is 11.6 Å². The highest BCUT2D eigenvalue weighted by molar-refractivity contribution is 5.95. The van der Waals surface area contributed by atoms with Gasteiger partial charge in [-0.25, -0.2) is 9.97 Å². The van der Waals surface area contributed by atoms with Crippen molar-refractivity contribution < 1.29 is 9.53 Å². The Balaban J connectivity index is 1.32. The highest BCUT2D eigenvalue weighted by Gasteiger charge is 2.24. The largest absolute Gasteiger partial charge is 0.379 e. The second kappa shape index (κ2) is 10.2. The zero-order chi connectivity index (χ0) is 24.2. The molecule has 7 nitrogen and oxygen atoms in total. The molecule has 0 spiro atoms. The third-order valence-corrected chi connectivity index (χ3v) is 6.22. The number of pyridine rings is 1. The molecule has 1 saturated heterocycles. The summed E-state index contributed by atoms with van der Waals surface area (Å²) in [7, 11) is 0. The van der Waals surface area contributed by atoms with Gasteiger partial charge in [-0.15, -0.1) is 0 Å². The number of anilines is 2. The number of hydrogen-bond donors (Lipinski definition) is 1. The molecule has 0 aliphatic carbocycles. The predicted octanol–water partition coefficient (Wildman–Crippen LogP) is 4.72. The smallest absolute Gasteiger partial charge is 0.254 e. The fraction of sp³-hybridized carbons (Fsp3) is 0.286. The number of carbonyl (C=O) groups is 1. The molecule has 3 heterocycles. The number of hydrogen-bond acceptors (Lipinski definition) is 6. The number of fused-ring (bicyclic) bond motifs is 1. The van der Waals surface area contributed by atoms with Crippen LogP contribution in [0.15, 0.2) is 66.9 Å². The summed E-state index contributed by atoms with van der Waals surface area (Å²) in [6.45, 7) is 6.20. The minimum atomic E-state index is 0.0128. The van der Waals surface area contributed by atoms with E-state index in [1.165, 1.54) is 5.56 Å². The van der Waals surface area contributed by atoms with Crippen LogP contribution in [0.5, 0.6) is 0 Å². The molecule has 0 bridgehead atoms. The van der Waals surface area contributed by atoms with Crippen LogP contribution in [0.1, 0.15) is 27.4 Å². The summed E-state index contributed by atoms with van der Waals surface area (Å²) in [5.74, 6) is 1.64. The van der Waals surface area contributed by atoms with Crippen LogP contribution in [0.25, 0.3) is 10.9 Å². The van der Waals surface area contributed by atoms with Gasteiger partial charge in [0.05, 0.1) is 18.7 Å². The lowest BCUT2D eigenvalue weighted by atomic mass is 9.96. The van der Waals surface area contributed by atoms with Gasteiger partial charge in [0.2, 0.25) is 0 Å². The van der Waals surface area contributed by atoms with Crippen molar-refractivity contribution in [3.05, 3.63) is 89.5 Å². The van der Waals surface area contributed by atoms with Gasteiger partial charge < -0.3 is 15.0 Å². The first-order valence-electron chi connectivity index (χ1n) is 11.9. The number of aryl methyl sites for hydroxylation is 2. The van der Waals surface area contributed by atoms with E-state index in [2.05, 4.69) is 32.4 Å². The number of nitrogens with zero attached hydrogens (tertiary/aromatic N) is 4. The Kier molecular flexibility index (Phi) is 6.68. The molecule has 1 atom stereocenters. The lowest BCUT2D eigenvalue weighted by Crippen LogP contribution is -2.36. The molecule has 35 heavy (non-hydrogen) atoms. The van der Waals surface area contributed by atoms with Crippen LogP contribution in [0.2, 0.25) is 0 Å². The van der Waals surface area contributed by atoms with Crippen molar-refractivity contribution in [3.63, 3.8) is 0 Å². The number of carbonyl (C=O) groups excluding carboxylic acids is 1. The van der Waals surface area contributed by atoms with Crippen molar-refractivity contribution in [1.82, 2.24) is 19.9 Å². The maximum atomic E-state index is 13.5. The van der Waals surface area contributed by atoms with Crippen LogP contribution in [-0.2, 0) is 11.2 Å². The molecule has 0 saturated carbocycles. The average molecular weight is 468 g/mol. The first kappa shape index (κ1) is 22.9. The molecule has 2 aromatic carbocycles. The van der Waals surface area contributed by atoms with Crippen molar-refractivity contribution in [3.8, 4) is 0 Å². The Labute approximate surface area is 205 Å². The van der Waals surface area contributed by atoms with Gasteiger partial charge in [-0.3, -0.25) is 9.78 Å². The Morgan fingerprint density at radius 3 is 2.86 bits per heavy atom. The van der Waals surface area contributed by atoms with E-state index in [0.29, 0.717) is 43.5 Å². The van der Waals surface area contributed by atoms with Crippen molar-refractivity contribution in [2.24, 2.45) is 5.92 Å². The highest BCUT2D eigenvalue weighted by Crippen LogP contribution is 2.23. The minimum absolute atomic E-state index is 0.0128. The van der Waals surface area contributed by atoms with E-state index < -0.39 is 0 Å². The molecule has 0 unspecified atom stereocenters. The van der Waals surface area contributed by atoms with Crippen LogP contribution in [-0.4, -0.2) is 52.1 Å². The third-order valence-electron chi connectivity index (χ3n) is 6.22. The normalized spacial score (nSPS) is 16.2. The molecule has 178 valence electrons. The Bertz CT molecular complexity index is 1330. The monoisotopic (exact) mass is 467 g/mol. The van der Waals surface area contributed by atoms with Crippen LogP contribution >= 0.6 is 0 Å². The fourth-order valence-corrected chi connectivity index (χ4v) is 4.69. The van der Waals surface area contributed by atoms with Gasteiger partial charge in [0.15, 0.2) is 0 Å². The van der Waals surface area contributed by atoms with Crippen LogP contribution in [0.3, 0.4) is 0 Å². The number of benzene rings is 2. The molecule has 1 aliphatic heterocycles. The Morgan fingerprint density at radius 1 is 1.09 bits per heavy atom. The summed E-state index contributed by atoms with van der Waals surface area (Å²) < 4.78 is 5.90. The second-order valence-corrected chi connectivity index (χ2v) is 9.03. The zero-order valence-electron chi connectivity index (χ0n) is 20.1. The van der Waals surface area contributed by atoms with Gasteiger partial charge in [0, 0.05) is 53.6 Å². The topological polar surface area (TPSA) is 80.2 Å². The van der Waals surface area contributed by atoms with Crippen LogP contribution < -0.4 is 5.32 Å². The van der Waals surface area contributed by atoms with E-state index in [4.69, 9.17) is 4.74 Å². The maximum absolute atomic E-state index is 13.5. The first-order chi connectivity index (χ1) is 17.0. The Hall–Kier alpha value is -3.84. The van der Waals surface area contributed by atoms with E-state index in [-0.39, 0.29) is 11.8 Å². The highest BCUT2D eigenvalue weighted by atomic mass is 16.5. The first-order valence-corrected chi connectivity index (χ1v) is 11.9. The van der Waals surface area contributed by atoms with Gasteiger partial charge >= 0.3 is 0 Å². The zero-order valence-corrected chi connectivity index (χ0v) is 20.1. The van der Waals surface area contributed by atoms with E-state index in [1.807, 2.05) is 73.5 Å². The van der Waals surface area contributed by atoms with Crippen molar-refractivity contribution in [1.29, 1.82) is 0 Å². The molecule has 1 N–H and O–H groups in total. The number of amides is 1. The fourth-order valence-electron chi connectivity index (χ4n) is 4.69. The lowest BCUT2D eigenvalue weighted by molar-refractivity contribution is 0.0737. The number of rotatable bonds is 5. The molecular weight excluding hydrogens is 438 g/mol. The van der Waals surface area contributed by atoms with Gasteiger partial charge in [-0.1, -0.05) is 24.3 Å². The number of aromatic nitrogens is 3. The van der Waals surface area contributed by atoms with Crippen LogP contribution in [0.4, 0.5) is 11.5 Å². The van der Waals surface area contributed by atoms with Crippen molar-refractivity contribution in [2.45, 2.75) is 20.3 Å². The summed E-state index contributed by atoms with van der Waals surface area (Å²) in [4.78, 5) is 28.6. The van der Waals surface area contributed by atoms with Crippen molar-refractivity contribution in [2.75, 3.05) is 31.6 Å². The molecule has 1 amide bonds. The standard InChI is InChI=1S/C28H29N5O2/c1-19-14-27(31-20(2)30-19)32-24-8-3-7-23(16-24)28(34)33-12-13-35-18-21(17-33)15-22-6-4-10-26-25(22)9-5-11-29-26/h3-11,14,16,21H,12-13,15,17-18H2,1-2H3,(H,30,31,32)/t21-/m1/s1. The van der Waals surface area contributed by atoms with Gasteiger partial charge in [-0.05, 0) is 56.2 Å². The predicted molar refractivity (Wildman–Crippen MR) is 137 cm³/mol. The summed E-state index contributed by atoms with van der Waals surface area (Å²) in [6.07, 6.45) is 2.65. The molecule has 0 radical (unpaired) electrons. The summed E-state index contributed by atoms with van der Waals surface area (Å²) in [5, 5.41) is 4.46. The van der Waals surface area contributed by atoms with E-state index in [0.717, 1.165) is 28.7 Å². The Morgan fingerprint density at radius 2 is 1.97 bits per heavy atom. The van der Waals surface area contributed by atoms with Crippen molar-refractivity contribution >= 4 is 28.3 Å². The molecule has 5 rings (SSSR count). The van der Waals surface area contributed by atoms with Crippen LogP contribution in [0, 0.1) is 19.8 Å². The SMILES string of the molecule is Cc1cc(Nc2cccc(C(=O)N3CCOC[C@H](Cc4cccc5ncccc45)C3)c2)nc(C)n1. The summed E-state index contributed by atoms with van der Waals surface area (Å²) in [5.41, 5.74) is 4.59. The molecule has 1 fully saturated rings. The summed E-state index contributed by atoms with van der Waals surface area (Å²) >= 11 is 0. The second-order valence-electron chi connectivity index (χ2n) is 9.03. The molecule has 2 aromatic heterocycles. The maximum Gasteiger partial charge on any atom is 0.254 e. The third kappa shape index (κ3) is 5.46. The molecule has 4 aromatic rings. The quantitative estimate of drug-likeness (QED) is 0.458. The summed E-state index contributed by atoms with van der Waals surface area (Å²) in [6, 6.07) is 19.8. The molecule has 1 aliphatic rings. The van der Waals surface area contributed by atoms with E-state index >= 15 is 0 Å². The lowest BCUT2D eigenvalue weighted by Gasteiger charge is -2.24. The number of nitrogens with one attached hydrogen (secondary N) is 1. The molecule has 7 heteroatoms. The molecular formula is C28H29N5O2.